The van der Waals surface area contributed by atoms with Gasteiger partial charge in [-0.25, -0.2) is 9.67 Å². The first kappa shape index (κ1) is 16.7. The summed E-state index contributed by atoms with van der Waals surface area (Å²) < 4.78 is 7.77. The highest BCUT2D eigenvalue weighted by Crippen LogP contribution is 2.32. The minimum absolute atomic E-state index is 0.0445. The molecule has 26 heavy (non-hydrogen) atoms. The van der Waals surface area contributed by atoms with E-state index in [0.29, 0.717) is 28.9 Å². The molecule has 4 rings (SSSR count). The van der Waals surface area contributed by atoms with Crippen molar-refractivity contribution in [3.05, 3.63) is 63.4 Å². The molecule has 0 fully saturated rings. The van der Waals surface area contributed by atoms with E-state index in [-0.39, 0.29) is 5.69 Å². The standard InChI is InChI=1S/C17H16ClN5O3/c18-15-7-12(23(24)25)2-4-14(15)16-5-3-13(26-16)8-19-11-1-6-17-20-10-21-22(17)9-11/h2-5,7,10-11,19H,1,6,8-9H2. The molecule has 1 aromatic carbocycles. The van der Waals surface area contributed by atoms with Crippen LogP contribution < -0.4 is 5.32 Å². The van der Waals surface area contributed by atoms with Crippen molar-refractivity contribution in [1.29, 1.82) is 0 Å². The van der Waals surface area contributed by atoms with E-state index in [2.05, 4.69) is 15.4 Å². The Labute approximate surface area is 153 Å². The summed E-state index contributed by atoms with van der Waals surface area (Å²) in [6.45, 7) is 1.37. The van der Waals surface area contributed by atoms with Gasteiger partial charge >= 0.3 is 0 Å². The highest BCUT2D eigenvalue weighted by molar-refractivity contribution is 6.33. The van der Waals surface area contributed by atoms with Crippen molar-refractivity contribution in [2.24, 2.45) is 0 Å². The molecule has 0 spiro atoms. The number of non-ortho nitro benzene ring substituents is 1. The summed E-state index contributed by atoms with van der Waals surface area (Å²) in [4.78, 5) is 14.6. The van der Waals surface area contributed by atoms with E-state index >= 15 is 0 Å². The second kappa shape index (κ2) is 6.89. The molecule has 134 valence electrons. The van der Waals surface area contributed by atoms with Crippen LogP contribution in [0.3, 0.4) is 0 Å². The molecule has 1 aliphatic heterocycles. The van der Waals surface area contributed by atoms with Crippen LogP contribution in [0.25, 0.3) is 11.3 Å². The van der Waals surface area contributed by atoms with Crippen LogP contribution in [0, 0.1) is 10.1 Å². The van der Waals surface area contributed by atoms with Crippen molar-refractivity contribution >= 4 is 17.3 Å². The number of benzene rings is 1. The number of nitrogens with one attached hydrogen (secondary N) is 1. The lowest BCUT2D eigenvalue weighted by molar-refractivity contribution is -0.384. The van der Waals surface area contributed by atoms with Crippen LogP contribution >= 0.6 is 11.6 Å². The Hall–Kier alpha value is -2.71. The van der Waals surface area contributed by atoms with Crippen LogP contribution in [0.2, 0.25) is 5.02 Å². The summed E-state index contributed by atoms with van der Waals surface area (Å²) >= 11 is 6.16. The first-order valence-corrected chi connectivity index (χ1v) is 8.61. The highest BCUT2D eigenvalue weighted by atomic mass is 35.5. The average Bonchev–Trinajstić information content (AvgIpc) is 3.28. The summed E-state index contributed by atoms with van der Waals surface area (Å²) in [6.07, 6.45) is 3.49. The summed E-state index contributed by atoms with van der Waals surface area (Å²) in [5, 5.41) is 18.8. The fraction of sp³-hybridized carbons (Fsp3) is 0.294. The second-order valence-corrected chi connectivity index (χ2v) is 6.57. The molecule has 0 saturated heterocycles. The maximum Gasteiger partial charge on any atom is 0.270 e. The lowest BCUT2D eigenvalue weighted by atomic mass is 10.1. The third-order valence-corrected chi connectivity index (χ3v) is 4.77. The summed E-state index contributed by atoms with van der Waals surface area (Å²) in [7, 11) is 0. The Morgan fingerprint density at radius 1 is 1.38 bits per heavy atom. The van der Waals surface area contributed by atoms with E-state index in [4.69, 9.17) is 16.0 Å². The molecule has 1 atom stereocenters. The molecule has 3 heterocycles. The van der Waals surface area contributed by atoms with E-state index in [1.54, 1.807) is 12.4 Å². The topological polar surface area (TPSA) is 99.0 Å². The SMILES string of the molecule is O=[N+]([O-])c1ccc(-c2ccc(CNC3CCc4ncnn4C3)o2)c(Cl)c1. The highest BCUT2D eigenvalue weighted by Gasteiger charge is 2.20. The largest absolute Gasteiger partial charge is 0.460 e. The molecule has 2 aromatic heterocycles. The monoisotopic (exact) mass is 373 g/mol. The zero-order valence-corrected chi connectivity index (χ0v) is 14.5. The summed E-state index contributed by atoms with van der Waals surface area (Å²) in [5.41, 5.74) is 0.588. The number of aromatic nitrogens is 3. The molecule has 1 aliphatic rings. The molecule has 0 amide bonds. The lowest BCUT2D eigenvalue weighted by Crippen LogP contribution is -2.37. The van der Waals surface area contributed by atoms with Gasteiger partial charge in [0.1, 0.15) is 23.7 Å². The molecule has 1 unspecified atom stereocenters. The van der Waals surface area contributed by atoms with Crippen molar-refractivity contribution in [1.82, 2.24) is 20.1 Å². The normalized spacial score (nSPS) is 16.4. The Morgan fingerprint density at radius 3 is 3.08 bits per heavy atom. The molecule has 0 radical (unpaired) electrons. The second-order valence-electron chi connectivity index (χ2n) is 6.16. The molecular weight excluding hydrogens is 358 g/mol. The quantitative estimate of drug-likeness (QED) is 0.544. The van der Waals surface area contributed by atoms with Crippen LogP contribution in [-0.4, -0.2) is 25.7 Å². The van der Waals surface area contributed by atoms with Gasteiger partial charge < -0.3 is 9.73 Å². The van der Waals surface area contributed by atoms with Gasteiger partial charge in [0.05, 0.1) is 23.0 Å². The maximum atomic E-state index is 10.8. The van der Waals surface area contributed by atoms with E-state index in [1.165, 1.54) is 12.1 Å². The number of nitro groups is 1. The third-order valence-electron chi connectivity index (χ3n) is 4.46. The number of nitro benzene ring substituents is 1. The van der Waals surface area contributed by atoms with Crippen LogP contribution in [-0.2, 0) is 19.5 Å². The minimum atomic E-state index is -0.474. The molecule has 0 aliphatic carbocycles. The van der Waals surface area contributed by atoms with E-state index < -0.39 is 4.92 Å². The Morgan fingerprint density at radius 2 is 2.27 bits per heavy atom. The van der Waals surface area contributed by atoms with Crippen molar-refractivity contribution in [3.63, 3.8) is 0 Å². The maximum absolute atomic E-state index is 10.8. The van der Waals surface area contributed by atoms with Gasteiger partial charge in [-0.2, -0.15) is 5.10 Å². The zero-order valence-electron chi connectivity index (χ0n) is 13.8. The smallest absolute Gasteiger partial charge is 0.270 e. The molecule has 8 nitrogen and oxygen atoms in total. The van der Waals surface area contributed by atoms with Gasteiger partial charge in [-0.15, -0.1) is 0 Å². The predicted molar refractivity (Wildman–Crippen MR) is 94.8 cm³/mol. The molecule has 0 bridgehead atoms. The van der Waals surface area contributed by atoms with E-state index in [0.717, 1.165) is 31.0 Å². The zero-order chi connectivity index (χ0) is 18.1. The van der Waals surface area contributed by atoms with Gasteiger partial charge in [0.2, 0.25) is 0 Å². The van der Waals surface area contributed by atoms with Crippen molar-refractivity contribution in [2.75, 3.05) is 0 Å². The van der Waals surface area contributed by atoms with Crippen LogP contribution in [0.5, 0.6) is 0 Å². The van der Waals surface area contributed by atoms with Gasteiger partial charge in [-0.1, -0.05) is 11.6 Å². The molecule has 1 N–H and O–H groups in total. The van der Waals surface area contributed by atoms with E-state index in [9.17, 15) is 10.1 Å². The number of fused-ring (bicyclic) bond motifs is 1. The minimum Gasteiger partial charge on any atom is -0.460 e. The predicted octanol–water partition coefficient (Wildman–Crippen LogP) is 3.20. The number of furan rings is 1. The molecule has 3 aromatic rings. The number of hydrogen-bond donors (Lipinski definition) is 1. The summed E-state index contributed by atoms with van der Waals surface area (Å²) in [5.74, 6) is 2.39. The molecular formula is C17H16ClN5O3. The number of halogens is 1. The summed E-state index contributed by atoms with van der Waals surface area (Å²) in [6, 6.07) is 8.35. The molecule has 9 heteroatoms. The molecule has 0 saturated carbocycles. The van der Waals surface area contributed by atoms with E-state index in [1.807, 2.05) is 16.8 Å². The van der Waals surface area contributed by atoms with Crippen LogP contribution in [0.4, 0.5) is 5.69 Å². The van der Waals surface area contributed by atoms with Gasteiger partial charge in [-0.05, 0) is 24.6 Å². The van der Waals surface area contributed by atoms with Gasteiger partial charge in [0.25, 0.3) is 5.69 Å². The Balaban J connectivity index is 1.42. The first-order chi connectivity index (χ1) is 12.6. The van der Waals surface area contributed by atoms with Crippen LogP contribution in [0.15, 0.2) is 41.1 Å². The van der Waals surface area contributed by atoms with Gasteiger partial charge in [0, 0.05) is 30.2 Å². The van der Waals surface area contributed by atoms with Gasteiger partial charge in [-0.3, -0.25) is 10.1 Å². The van der Waals surface area contributed by atoms with Crippen molar-refractivity contribution in [2.45, 2.75) is 32.0 Å². The first-order valence-electron chi connectivity index (χ1n) is 8.23. The Kier molecular flexibility index (Phi) is 4.44. The number of aryl methyl sites for hydroxylation is 1. The number of nitrogens with zero attached hydrogens (tertiary/aromatic N) is 4. The fourth-order valence-corrected chi connectivity index (χ4v) is 3.35. The number of hydrogen-bond acceptors (Lipinski definition) is 6. The van der Waals surface area contributed by atoms with Crippen LogP contribution in [0.1, 0.15) is 18.0 Å². The van der Waals surface area contributed by atoms with Crippen molar-refractivity contribution in [3.8, 4) is 11.3 Å². The average molecular weight is 374 g/mol. The lowest BCUT2D eigenvalue weighted by Gasteiger charge is -2.23. The Bertz CT molecular complexity index is 952. The number of rotatable bonds is 5. The van der Waals surface area contributed by atoms with Gasteiger partial charge in [0.15, 0.2) is 0 Å². The van der Waals surface area contributed by atoms with Crippen molar-refractivity contribution < 1.29 is 9.34 Å². The fourth-order valence-electron chi connectivity index (χ4n) is 3.08. The third kappa shape index (κ3) is 3.33.